The van der Waals surface area contributed by atoms with E-state index in [2.05, 4.69) is 10.3 Å². The molecule has 3 aromatic rings. The number of nitrogens with zero attached hydrogens (tertiary/aromatic N) is 2. The van der Waals surface area contributed by atoms with Crippen molar-refractivity contribution in [3.63, 3.8) is 0 Å². The molecule has 0 fully saturated rings. The number of carbonyl (C=O) groups is 2. The lowest BCUT2D eigenvalue weighted by atomic mass is 10.0. The Balaban J connectivity index is 1.86. The monoisotopic (exact) mass is 416 g/mol. The Morgan fingerprint density at radius 3 is 2.55 bits per heavy atom. The summed E-state index contributed by atoms with van der Waals surface area (Å²) in [6, 6.07) is 12.0. The molecule has 0 bridgehead atoms. The molecular formula is C24H21FN4O2. The number of pyridine rings is 1. The van der Waals surface area contributed by atoms with Crippen LogP contribution < -0.4 is 10.2 Å². The summed E-state index contributed by atoms with van der Waals surface area (Å²) in [5.41, 5.74) is 4.47. The van der Waals surface area contributed by atoms with Crippen molar-refractivity contribution >= 4 is 36.4 Å². The molecule has 31 heavy (non-hydrogen) atoms. The first-order valence-electron chi connectivity index (χ1n) is 9.49. The summed E-state index contributed by atoms with van der Waals surface area (Å²) in [7, 11) is 1.78. The normalized spacial score (nSPS) is 10.6. The van der Waals surface area contributed by atoms with Crippen LogP contribution in [-0.4, -0.2) is 30.9 Å². The molecule has 3 rings (SSSR count). The first-order chi connectivity index (χ1) is 15.1. The number of amides is 1. The summed E-state index contributed by atoms with van der Waals surface area (Å²) in [6.07, 6.45) is 8.48. The highest BCUT2D eigenvalue weighted by molar-refractivity contribution is 5.88. The topological polar surface area (TPSA) is 86.2 Å². The van der Waals surface area contributed by atoms with Gasteiger partial charge in [-0.05, 0) is 47.0 Å². The van der Waals surface area contributed by atoms with E-state index < -0.39 is 5.82 Å². The highest BCUT2D eigenvalue weighted by Gasteiger charge is 2.12. The van der Waals surface area contributed by atoms with Crippen LogP contribution in [0.15, 0.2) is 60.9 Å². The van der Waals surface area contributed by atoms with Crippen molar-refractivity contribution in [2.24, 2.45) is 0 Å². The number of anilines is 2. The Morgan fingerprint density at radius 2 is 1.87 bits per heavy atom. The smallest absolute Gasteiger partial charge is 0.214 e. The third-order valence-electron chi connectivity index (χ3n) is 4.77. The van der Waals surface area contributed by atoms with E-state index in [0.29, 0.717) is 40.6 Å². The van der Waals surface area contributed by atoms with E-state index >= 15 is 0 Å². The third-order valence-corrected chi connectivity index (χ3v) is 4.77. The number of hydrogen-bond acceptors (Lipinski definition) is 5. The molecule has 0 radical (unpaired) electrons. The molecule has 0 aliphatic rings. The zero-order chi connectivity index (χ0) is 22.2. The Morgan fingerprint density at radius 1 is 1.10 bits per heavy atom. The lowest BCUT2D eigenvalue weighted by Gasteiger charge is -2.18. The number of aldehydes is 1. The van der Waals surface area contributed by atoms with E-state index in [1.807, 2.05) is 18.2 Å². The second-order valence-corrected chi connectivity index (χ2v) is 6.71. The molecule has 0 aliphatic carbocycles. The van der Waals surface area contributed by atoms with Gasteiger partial charge in [-0.3, -0.25) is 14.6 Å². The van der Waals surface area contributed by atoms with Gasteiger partial charge in [-0.1, -0.05) is 24.3 Å². The van der Waals surface area contributed by atoms with Gasteiger partial charge in [0.25, 0.3) is 0 Å². The van der Waals surface area contributed by atoms with Crippen molar-refractivity contribution in [1.82, 2.24) is 4.98 Å². The SMILES string of the molecule is CNc1ccc(-c2ccc(CN(C=O)c3cncc(/C=C/C=O)c3)c(F)c2)cc1C=N. The molecule has 0 saturated heterocycles. The number of rotatable bonds is 9. The van der Waals surface area contributed by atoms with Crippen molar-refractivity contribution in [3.8, 4) is 11.1 Å². The molecule has 1 amide bonds. The minimum absolute atomic E-state index is 0.0303. The second kappa shape index (κ2) is 10.1. The summed E-state index contributed by atoms with van der Waals surface area (Å²) < 4.78 is 14.9. The van der Waals surface area contributed by atoms with E-state index in [9.17, 15) is 14.0 Å². The van der Waals surface area contributed by atoms with Crippen LogP contribution in [0.1, 0.15) is 16.7 Å². The van der Waals surface area contributed by atoms with E-state index in [0.717, 1.165) is 11.3 Å². The maximum Gasteiger partial charge on any atom is 0.214 e. The number of carbonyl (C=O) groups excluding carboxylic acids is 2. The Kier molecular flexibility index (Phi) is 7.01. The number of nitrogens with one attached hydrogen (secondary N) is 2. The molecule has 2 aromatic carbocycles. The molecule has 0 spiro atoms. The van der Waals surface area contributed by atoms with Gasteiger partial charge >= 0.3 is 0 Å². The summed E-state index contributed by atoms with van der Waals surface area (Å²) >= 11 is 0. The van der Waals surface area contributed by atoms with Crippen LogP contribution in [0.2, 0.25) is 0 Å². The second-order valence-electron chi connectivity index (χ2n) is 6.71. The van der Waals surface area contributed by atoms with Crippen LogP contribution >= 0.6 is 0 Å². The van der Waals surface area contributed by atoms with Gasteiger partial charge in [-0.2, -0.15) is 0 Å². The summed E-state index contributed by atoms with van der Waals surface area (Å²) in [5, 5.41) is 10.6. The first-order valence-corrected chi connectivity index (χ1v) is 9.49. The fraction of sp³-hybridized carbons (Fsp3) is 0.0833. The van der Waals surface area contributed by atoms with Crippen molar-refractivity contribution in [2.75, 3.05) is 17.3 Å². The molecule has 0 atom stereocenters. The molecule has 0 aliphatic heterocycles. The van der Waals surface area contributed by atoms with Gasteiger partial charge in [-0.15, -0.1) is 0 Å². The highest BCUT2D eigenvalue weighted by Crippen LogP contribution is 2.27. The highest BCUT2D eigenvalue weighted by atomic mass is 19.1. The third kappa shape index (κ3) is 5.08. The average molecular weight is 416 g/mol. The van der Waals surface area contributed by atoms with Gasteiger partial charge in [0, 0.05) is 36.3 Å². The fourth-order valence-electron chi connectivity index (χ4n) is 3.16. The summed E-state index contributed by atoms with van der Waals surface area (Å²) in [5.74, 6) is -0.441. The van der Waals surface area contributed by atoms with Crippen molar-refractivity contribution in [3.05, 3.63) is 83.4 Å². The fourth-order valence-corrected chi connectivity index (χ4v) is 3.16. The number of allylic oxidation sites excluding steroid dienone is 1. The van der Waals surface area contributed by atoms with Crippen LogP contribution in [0.25, 0.3) is 17.2 Å². The summed E-state index contributed by atoms with van der Waals surface area (Å²) in [4.78, 5) is 27.6. The van der Waals surface area contributed by atoms with Gasteiger partial charge in [-0.25, -0.2) is 4.39 Å². The molecular weight excluding hydrogens is 395 g/mol. The zero-order valence-electron chi connectivity index (χ0n) is 16.9. The molecule has 6 nitrogen and oxygen atoms in total. The molecule has 1 heterocycles. The van der Waals surface area contributed by atoms with Crippen molar-refractivity contribution in [2.45, 2.75) is 6.54 Å². The van der Waals surface area contributed by atoms with Crippen LogP contribution in [0.5, 0.6) is 0 Å². The lowest BCUT2D eigenvalue weighted by molar-refractivity contribution is -0.107. The van der Waals surface area contributed by atoms with Gasteiger partial charge in [0.05, 0.1) is 18.4 Å². The van der Waals surface area contributed by atoms with Crippen LogP contribution in [0, 0.1) is 11.2 Å². The van der Waals surface area contributed by atoms with Gasteiger partial charge in [0.1, 0.15) is 12.1 Å². The quantitative estimate of drug-likeness (QED) is 0.309. The predicted octanol–water partition coefficient (Wildman–Crippen LogP) is 4.30. The average Bonchev–Trinajstić information content (AvgIpc) is 2.81. The van der Waals surface area contributed by atoms with E-state index in [4.69, 9.17) is 5.41 Å². The zero-order valence-corrected chi connectivity index (χ0v) is 16.9. The predicted molar refractivity (Wildman–Crippen MR) is 121 cm³/mol. The van der Waals surface area contributed by atoms with Crippen LogP contribution in [-0.2, 0) is 16.1 Å². The van der Waals surface area contributed by atoms with Crippen LogP contribution in [0.4, 0.5) is 15.8 Å². The first kappa shape index (κ1) is 21.6. The maximum absolute atomic E-state index is 14.9. The molecule has 156 valence electrons. The number of benzene rings is 2. The van der Waals surface area contributed by atoms with Gasteiger partial charge in [0.2, 0.25) is 6.41 Å². The maximum atomic E-state index is 14.9. The molecule has 7 heteroatoms. The number of aromatic nitrogens is 1. The van der Waals surface area contributed by atoms with Crippen LogP contribution in [0.3, 0.4) is 0 Å². The minimum atomic E-state index is -0.441. The lowest BCUT2D eigenvalue weighted by Crippen LogP contribution is -2.21. The van der Waals surface area contributed by atoms with Gasteiger partial charge < -0.3 is 15.6 Å². The number of hydrogen-bond donors (Lipinski definition) is 2. The molecule has 0 saturated carbocycles. The Hall–Kier alpha value is -4.13. The van der Waals surface area contributed by atoms with Gasteiger partial charge in [0.15, 0.2) is 0 Å². The molecule has 0 unspecified atom stereocenters. The largest absolute Gasteiger partial charge is 0.388 e. The Labute approximate surface area is 179 Å². The van der Waals surface area contributed by atoms with Crippen molar-refractivity contribution < 1.29 is 14.0 Å². The van der Waals surface area contributed by atoms with Crippen molar-refractivity contribution in [1.29, 1.82) is 5.41 Å². The molecule has 1 aromatic heterocycles. The van der Waals surface area contributed by atoms with E-state index in [1.54, 1.807) is 37.5 Å². The standard InChI is InChI=1S/C24H21FN4O2/c1-27-24-7-6-18(10-21(24)12-26)19-4-5-20(23(25)11-19)15-29(16-31)22-9-17(3-2-8-30)13-28-14-22/h2-14,16,26-27H,15H2,1H3/b3-2+,26-12?. The number of halogens is 1. The summed E-state index contributed by atoms with van der Waals surface area (Å²) in [6.45, 7) is 0.0303. The van der Waals surface area contributed by atoms with E-state index in [-0.39, 0.29) is 6.54 Å². The minimum Gasteiger partial charge on any atom is -0.388 e. The molecule has 2 N–H and O–H groups in total. The van der Waals surface area contributed by atoms with E-state index in [1.165, 1.54) is 29.5 Å². The Bertz CT molecular complexity index is 1140.